The minimum Gasteiger partial charge on any atom is -0.292 e. The number of benzene rings is 1. The van der Waals surface area contributed by atoms with E-state index in [0.717, 1.165) is 20.6 Å². The molecule has 0 unspecified atom stereocenters. The van der Waals surface area contributed by atoms with Crippen LogP contribution in [0.3, 0.4) is 0 Å². The first kappa shape index (κ1) is 17.6. The maximum Gasteiger partial charge on any atom is 0.248 e. The Morgan fingerprint density at radius 2 is 2.00 bits per heavy atom. The molecule has 0 fully saturated rings. The fourth-order valence-electron chi connectivity index (χ4n) is 1.69. The minimum absolute atomic E-state index is 0.133. The maximum atomic E-state index is 11.8. The van der Waals surface area contributed by atoms with Gasteiger partial charge >= 0.3 is 0 Å². The Hall–Kier alpha value is -1.78. The molecule has 1 heterocycles. The van der Waals surface area contributed by atoms with Gasteiger partial charge in [0.2, 0.25) is 21.9 Å². The summed E-state index contributed by atoms with van der Waals surface area (Å²) in [6.45, 7) is 0.222. The average Bonchev–Trinajstić information content (AvgIpc) is 2.87. The van der Waals surface area contributed by atoms with Gasteiger partial charge in [0.15, 0.2) is 0 Å². The van der Waals surface area contributed by atoms with Gasteiger partial charge in [-0.25, -0.2) is 18.1 Å². The normalized spacial score (nSPS) is 11.7. The van der Waals surface area contributed by atoms with E-state index in [9.17, 15) is 13.2 Å². The van der Waals surface area contributed by atoms with E-state index in [1.54, 1.807) is 4.68 Å². The predicted octanol–water partition coefficient (Wildman–Crippen LogP) is 0.919. The van der Waals surface area contributed by atoms with Crippen molar-refractivity contribution in [3.05, 3.63) is 40.6 Å². The third kappa shape index (κ3) is 5.41. The molecule has 2 aromatic rings. The molecule has 0 radical (unpaired) electrons. The Kier molecular flexibility index (Phi) is 5.50. The number of hydrogen-bond acceptors (Lipinski definition) is 5. The first-order valence-electron chi connectivity index (χ1n) is 6.59. The predicted molar refractivity (Wildman–Crippen MR) is 89.4 cm³/mol. The number of anilines is 1. The van der Waals surface area contributed by atoms with Gasteiger partial charge in [-0.2, -0.15) is 4.31 Å². The Labute approximate surface area is 142 Å². The lowest BCUT2D eigenvalue weighted by Crippen LogP contribution is -2.34. The second-order valence-electron chi connectivity index (χ2n) is 4.96. The highest BCUT2D eigenvalue weighted by atomic mass is 79.9. The zero-order valence-electron chi connectivity index (χ0n) is 12.6. The highest BCUT2D eigenvalue weighted by Gasteiger charge is 2.16. The summed E-state index contributed by atoms with van der Waals surface area (Å²) in [6.07, 6.45) is 2.53. The third-order valence-corrected chi connectivity index (χ3v) is 4.77. The van der Waals surface area contributed by atoms with Crippen LogP contribution in [0.2, 0.25) is 0 Å². The van der Waals surface area contributed by atoms with Gasteiger partial charge in [-0.15, -0.1) is 5.10 Å². The zero-order valence-corrected chi connectivity index (χ0v) is 15.0. The van der Waals surface area contributed by atoms with Crippen LogP contribution >= 0.6 is 15.9 Å². The molecule has 0 bridgehead atoms. The summed E-state index contributed by atoms with van der Waals surface area (Å²) in [7, 11) is -2.08. The molecule has 0 saturated heterocycles. The zero-order chi connectivity index (χ0) is 17.0. The van der Waals surface area contributed by atoms with Crippen LogP contribution < -0.4 is 5.32 Å². The van der Waals surface area contributed by atoms with Gasteiger partial charge in [-0.3, -0.25) is 10.1 Å². The summed E-state index contributed by atoms with van der Waals surface area (Å²) in [6, 6.07) is 7.75. The molecule has 0 atom stereocenters. The largest absolute Gasteiger partial charge is 0.292 e. The number of sulfonamides is 1. The Balaban J connectivity index is 1.94. The van der Waals surface area contributed by atoms with Crippen molar-refractivity contribution >= 4 is 37.8 Å². The molecule has 0 aliphatic rings. The van der Waals surface area contributed by atoms with E-state index in [0.29, 0.717) is 6.54 Å². The molecule has 0 aliphatic carbocycles. The summed E-state index contributed by atoms with van der Waals surface area (Å²) in [5.74, 6) is -0.367. The van der Waals surface area contributed by atoms with Gasteiger partial charge < -0.3 is 0 Å². The smallest absolute Gasteiger partial charge is 0.248 e. The van der Waals surface area contributed by atoms with Gasteiger partial charge in [0.1, 0.15) is 6.33 Å². The van der Waals surface area contributed by atoms with E-state index in [-0.39, 0.29) is 12.5 Å². The molecular weight excluding hydrogens is 386 g/mol. The number of likely N-dealkylation sites (N-methyl/N-ethyl adjacent to an activating group) is 1. The minimum atomic E-state index is -3.41. The first-order valence-corrected chi connectivity index (χ1v) is 9.23. The van der Waals surface area contributed by atoms with Gasteiger partial charge in [0, 0.05) is 11.5 Å². The Bertz CT molecular complexity index is 788. The maximum absolute atomic E-state index is 11.8. The highest BCUT2D eigenvalue weighted by molar-refractivity contribution is 9.10. The van der Waals surface area contributed by atoms with Crippen LogP contribution in [0.15, 0.2) is 35.1 Å². The summed E-state index contributed by atoms with van der Waals surface area (Å²) in [4.78, 5) is 15.7. The second-order valence-corrected chi connectivity index (χ2v) is 7.96. The lowest BCUT2D eigenvalue weighted by Gasteiger charge is -2.12. The number of aromatic nitrogens is 3. The van der Waals surface area contributed by atoms with Crippen molar-refractivity contribution in [2.75, 3.05) is 25.2 Å². The molecule has 1 amide bonds. The van der Waals surface area contributed by atoms with Gasteiger partial charge in [0.05, 0.1) is 19.3 Å². The van der Waals surface area contributed by atoms with E-state index < -0.39 is 15.9 Å². The van der Waals surface area contributed by atoms with E-state index in [1.165, 1.54) is 13.4 Å². The number of rotatable bonds is 6. The average molecular weight is 402 g/mol. The standard InChI is InChI=1S/C13H16BrN5O3S/c1-18(23(2,21)22)8-12(20)16-13-15-9-19(17-13)7-10-3-5-11(14)6-4-10/h3-6,9H,7-8H2,1-2H3,(H,16,17,20). The molecule has 0 saturated carbocycles. The van der Waals surface area contributed by atoms with Crippen molar-refractivity contribution in [1.29, 1.82) is 0 Å². The summed E-state index contributed by atoms with van der Waals surface area (Å²) in [5.41, 5.74) is 1.03. The highest BCUT2D eigenvalue weighted by Crippen LogP contribution is 2.11. The molecular formula is C13H16BrN5O3S. The van der Waals surface area contributed by atoms with Crippen LogP contribution in [-0.4, -0.2) is 53.2 Å². The topological polar surface area (TPSA) is 97.2 Å². The van der Waals surface area contributed by atoms with Gasteiger partial charge in [0.25, 0.3) is 0 Å². The molecule has 10 heteroatoms. The first-order chi connectivity index (χ1) is 10.7. The van der Waals surface area contributed by atoms with Crippen LogP contribution in [0.1, 0.15) is 5.56 Å². The molecule has 8 nitrogen and oxygen atoms in total. The van der Waals surface area contributed by atoms with E-state index in [1.807, 2.05) is 24.3 Å². The summed E-state index contributed by atoms with van der Waals surface area (Å²) in [5, 5.41) is 6.60. The number of hydrogen-bond donors (Lipinski definition) is 1. The number of carbonyl (C=O) groups is 1. The molecule has 1 aromatic heterocycles. The lowest BCUT2D eigenvalue weighted by molar-refractivity contribution is -0.116. The van der Waals surface area contributed by atoms with Crippen LogP contribution in [0.4, 0.5) is 5.95 Å². The number of nitrogens with zero attached hydrogens (tertiary/aromatic N) is 4. The summed E-state index contributed by atoms with van der Waals surface area (Å²) >= 11 is 3.37. The van der Waals surface area contributed by atoms with Crippen molar-refractivity contribution < 1.29 is 13.2 Å². The third-order valence-electron chi connectivity index (χ3n) is 2.98. The molecule has 1 N–H and O–H groups in total. The Morgan fingerprint density at radius 3 is 2.61 bits per heavy atom. The van der Waals surface area contributed by atoms with Crippen LogP contribution in [0.5, 0.6) is 0 Å². The fourth-order valence-corrected chi connectivity index (χ4v) is 2.30. The van der Waals surface area contributed by atoms with Gasteiger partial charge in [-0.05, 0) is 17.7 Å². The summed E-state index contributed by atoms with van der Waals surface area (Å²) < 4.78 is 26.0. The van der Waals surface area contributed by atoms with Crippen molar-refractivity contribution in [3.63, 3.8) is 0 Å². The van der Waals surface area contributed by atoms with Crippen molar-refractivity contribution in [2.24, 2.45) is 0 Å². The lowest BCUT2D eigenvalue weighted by atomic mass is 10.2. The second kappa shape index (κ2) is 7.20. The monoisotopic (exact) mass is 401 g/mol. The van der Waals surface area contributed by atoms with Crippen molar-refractivity contribution in [1.82, 2.24) is 19.1 Å². The number of carbonyl (C=O) groups excluding carboxylic acids is 1. The van der Waals surface area contributed by atoms with Crippen LogP contribution in [0.25, 0.3) is 0 Å². The molecule has 1 aromatic carbocycles. The Morgan fingerprint density at radius 1 is 1.35 bits per heavy atom. The fraction of sp³-hybridized carbons (Fsp3) is 0.308. The van der Waals surface area contributed by atoms with Crippen molar-refractivity contribution in [2.45, 2.75) is 6.54 Å². The molecule has 0 spiro atoms. The number of halogens is 1. The molecule has 0 aliphatic heterocycles. The van der Waals surface area contributed by atoms with E-state index in [4.69, 9.17) is 0 Å². The van der Waals surface area contributed by atoms with Crippen LogP contribution in [0, 0.1) is 0 Å². The molecule has 124 valence electrons. The number of amides is 1. The van der Waals surface area contributed by atoms with Crippen molar-refractivity contribution in [3.8, 4) is 0 Å². The quantitative estimate of drug-likeness (QED) is 0.775. The molecule has 2 rings (SSSR count). The van der Waals surface area contributed by atoms with Gasteiger partial charge in [-0.1, -0.05) is 28.1 Å². The molecule has 23 heavy (non-hydrogen) atoms. The number of nitrogens with one attached hydrogen (secondary N) is 1. The SMILES string of the molecule is CN(CC(=O)Nc1ncn(Cc2ccc(Br)cc2)n1)S(C)(=O)=O. The van der Waals surface area contributed by atoms with E-state index in [2.05, 4.69) is 31.3 Å². The van der Waals surface area contributed by atoms with Crippen LogP contribution in [-0.2, 0) is 21.4 Å². The van der Waals surface area contributed by atoms with E-state index >= 15 is 0 Å².